The first-order valence-corrected chi connectivity index (χ1v) is 11.4. The van der Waals surface area contributed by atoms with Crippen molar-refractivity contribution in [2.45, 2.75) is 26.5 Å². The Hall–Kier alpha value is -2.90. The van der Waals surface area contributed by atoms with E-state index in [2.05, 4.69) is 4.99 Å². The second-order valence-electron chi connectivity index (χ2n) is 7.14. The number of benzene rings is 2. The van der Waals surface area contributed by atoms with Crippen LogP contribution in [0, 0.1) is 0 Å². The number of amidine groups is 1. The Morgan fingerprint density at radius 1 is 1.25 bits per heavy atom. The first-order valence-electron chi connectivity index (χ1n) is 10.2. The highest BCUT2D eigenvalue weighted by molar-refractivity contribution is 8.16. The minimum Gasteiger partial charge on any atom is -0.493 e. The SMILES string of the molecule is CCOC(=O)C1=C(C)N=C2SC=CN2[C@@H]1c1cc(Cl)c(OCc2ccccc2)c(OC)c1. The number of nitrogens with zero attached hydrogens (tertiary/aromatic N) is 2. The van der Waals surface area contributed by atoms with Gasteiger partial charge in [-0.15, -0.1) is 0 Å². The second kappa shape index (κ2) is 9.71. The molecule has 32 heavy (non-hydrogen) atoms. The Morgan fingerprint density at radius 3 is 2.75 bits per heavy atom. The lowest BCUT2D eigenvalue weighted by atomic mass is 9.94. The highest BCUT2D eigenvalue weighted by atomic mass is 35.5. The Morgan fingerprint density at radius 2 is 2.03 bits per heavy atom. The molecule has 0 aliphatic carbocycles. The third-order valence-electron chi connectivity index (χ3n) is 5.11. The number of hydrogen-bond donors (Lipinski definition) is 0. The van der Waals surface area contributed by atoms with Gasteiger partial charge < -0.3 is 19.1 Å². The molecule has 0 bridgehead atoms. The molecule has 0 aromatic heterocycles. The number of thioether (sulfide) groups is 1. The van der Waals surface area contributed by atoms with E-state index in [9.17, 15) is 4.79 Å². The molecule has 0 unspecified atom stereocenters. The molecule has 0 amide bonds. The number of aliphatic imine (C=N–C) groups is 1. The fourth-order valence-corrected chi connectivity index (χ4v) is 4.73. The van der Waals surface area contributed by atoms with Crippen molar-refractivity contribution in [1.29, 1.82) is 0 Å². The number of rotatable bonds is 7. The molecule has 2 heterocycles. The molecular weight excluding hydrogens is 448 g/mol. The number of allylic oxidation sites excluding steroid dienone is 1. The molecule has 1 atom stereocenters. The zero-order chi connectivity index (χ0) is 22.7. The maximum atomic E-state index is 12.9. The van der Waals surface area contributed by atoms with Crippen molar-refractivity contribution in [3.05, 3.63) is 81.5 Å². The van der Waals surface area contributed by atoms with Crippen molar-refractivity contribution in [2.75, 3.05) is 13.7 Å². The van der Waals surface area contributed by atoms with Crippen molar-refractivity contribution in [1.82, 2.24) is 4.90 Å². The molecule has 2 aliphatic heterocycles. The summed E-state index contributed by atoms with van der Waals surface area (Å²) in [6.07, 6.45) is 1.90. The number of fused-ring (bicyclic) bond motifs is 1. The first-order chi connectivity index (χ1) is 15.5. The molecule has 0 saturated carbocycles. The van der Waals surface area contributed by atoms with Gasteiger partial charge >= 0.3 is 5.97 Å². The first kappa shape index (κ1) is 22.3. The van der Waals surface area contributed by atoms with E-state index >= 15 is 0 Å². The van der Waals surface area contributed by atoms with Crippen LogP contribution in [0.3, 0.4) is 0 Å². The van der Waals surface area contributed by atoms with Gasteiger partial charge in [0.25, 0.3) is 0 Å². The van der Waals surface area contributed by atoms with Crippen LogP contribution in [0.2, 0.25) is 5.02 Å². The van der Waals surface area contributed by atoms with Crippen LogP contribution in [0.25, 0.3) is 0 Å². The van der Waals surface area contributed by atoms with E-state index < -0.39 is 12.0 Å². The summed E-state index contributed by atoms with van der Waals surface area (Å²) in [6, 6.07) is 13.0. The lowest BCUT2D eigenvalue weighted by molar-refractivity contribution is -0.139. The van der Waals surface area contributed by atoms with Crippen molar-refractivity contribution in [2.24, 2.45) is 4.99 Å². The molecule has 0 fully saturated rings. The summed E-state index contributed by atoms with van der Waals surface area (Å²) in [5, 5.41) is 3.12. The molecule has 2 aromatic carbocycles. The van der Waals surface area contributed by atoms with Gasteiger partial charge in [0.05, 0.1) is 36.1 Å². The second-order valence-corrected chi connectivity index (χ2v) is 8.42. The fraction of sp³-hybridized carbons (Fsp3) is 0.250. The minimum absolute atomic E-state index is 0.278. The van der Waals surface area contributed by atoms with Crippen LogP contribution in [-0.2, 0) is 16.1 Å². The van der Waals surface area contributed by atoms with Crippen molar-refractivity contribution >= 4 is 34.5 Å². The van der Waals surface area contributed by atoms with Crippen molar-refractivity contribution in [3.63, 3.8) is 0 Å². The average molecular weight is 471 g/mol. The summed E-state index contributed by atoms with van der Waals surface area (Å²) in [4.78, 5) is 19.4. The van der Waals surface area contributed by atoms with Crippen LogP contribution in [0.5, 0.6) is 11.5 Å². The molecule has 2 aliphatic rings. The van der Waals surface area contributed by atoms with Gasteiger partial charge in [0.1, 0.15) is 6.61 Å². The third-order valence-corrected chi connectivity index (χ3v) is 6.16. The third kappa shape index (κ3) is 4.36. The predicted octanol–water partition coefficient (Wildman–Crippen LogP) is 5.70. The van der Waals surface area contributed by atoms with Gasteiger partial charge in [-0.05, 0) is 42.5 Å². The lowest BCUT2D eigenvalue weighted by Crippen LogP contribution is -2.34. The average Bonchev–Trinajstić information content (AvgIpc) is 3.25. The Labute approximate surface area is 196 Å². The number of methoxy groups -OCH3 is 1. The predicted molar refractivity (Wildman–Crippen MR) is 127 cm³/mol. The van der Waals surface area contributed by atoms with E-state index in [1.54, 1.807) is 20.1 Å². The van der Waals surface area contributed by atoms with Gasteiger partial charge in [-0.1, -0.05) is 53.7 Å². The molecule has 2 aromatic rings. The van der Waals surface area contributed by atoms with E-state index in [0.29, 0.717) is 34.4 Å². The standard InChI is InChI=1S/C24H23ClN2O4S/c1-4-30-23(28)20-15(2)26-24-27(10-11-32-24)21(20)17-12-18(25)22(19(13-17)29-3)31-14-16-8-6-5-7-9-16/h5-13,21H,4,14H2,1-3H3/t21-/m1/s1. The van der Waals surface area contributed by atoms with E-state index in [1.165, 1.54) is 11.8 Å². The number of ether oxygens (including phenoxy) is 3. The maximum Gasteiger partial charge on any atom is 0.338 e. The summed E-state index contributed by atoms with van der Waals surface area (Å²) in [5.41, 5.74) is 2.89. The normalized spacial score (nSPS) is 17.2. The van der Waals surface area contributed by atoms with E-state index in [0.717, 1.165) is 16.3 Å². The van der Waals surface area contributed by atoms with Crippen LogP contribution >= 0.6 is 23.4 Å². The molecule has 0 radical (unpaired) electrons. The lowest BCUT2D eigenvalue weighted by Gasteiger charge is -2.33. The van der Waals surface area contributed by atoms with Crippen LogP contribution in [0.1, 0.15) is 31.0 Å². The van der Waals surface area contributed by atoms with Gasteiger partial charge in [0.2, 0.25) is 0 Å². The molecule has 4 rings (SSSR count). The smallest absolute Gasteiger partial charge is 0.338 e. The van der Waals surface area contributed by atoms with Crippen LogP contribution in [0.15, 0.2) is 70.3 Å². The Kier molecular flexibility index (Phi) is 6.77. The van der Waals surface area contributed by atoms with Gasteiger partial charge in [0.15, 0.2) is 16.7 Å². The van der Waals surface area contributed by atoms with Gasteiger partial charge in [-0.25, -0.2) is 9.79 Å². The molecule has 0 spiro atoms. The quantitative estimate of drug-likeness (QED) is 0.484. The monoisotopic (exact) mass is 470 g/mol. The van der Waals surface area contributed by atoms with Crippen LogP contribution in [0.4, 0.5) is 0 Å². The fourth-order valence-electron chi connectivity index (χ4n) is 3.67. The molecule has 166 valence electrons. The largest absolute Gasteiger partial charge is 0.493 e. The zero-order valence-electron chi connectivity index (χ0n) is 18.0. The maximum absolute atomic E-state index is 12.9. The van der Waals surface area contributed by atoms with Crippen LogP contribution in [-0.4, -0.2) is 29.8 Å². The molecule has 0 saturated heterocycles. The Bertz CT molecular complexity index is 1110. The topological polar surface area (TPSA) is 60.4 Å². The van der Waals surface area contributed by atoms with E-state index in [-0.39, 0.29) is 6.61 Å². The summed E-state index contributed by atoms with van der Waals surface area (Å²) < 4.78 is 16.9. The van der Waals surface area contributed by atoms with Gasteiger partial charge in [-0.3, -0.25) is 0 Å². The minimum atomic E-state index is -0.442. The number of carbonyl (C=O) groups excluding carboxylic acids is 1. The summed E-state index contributed by atoms with van der Waals surface area (Å²) in [5.74, 6) is 0.544. The number of carbonyl (C=O) groups is 1. The highest BCUT2D eigenvalue weighted by Gasteiger charge is 2.38. The molecule has 0 N–H and O–H groups in total. The van der Waals surface area contributed by atoms with Crippen molar-refractivity contribution in [3.8, 4) is 11.5 Å². The summed E-state index contributed by atoms with van der Waals surface area (Å²) in [7, 11) is 1.57. The van der Waals surface area contributed by atoms with Crippen molar-refractivity contribution < 1.29 is 19.0 Å². The number of halogens is 1. The zero-order valence-corrected chi connectivity index (χ0v) is 19.6. The Balaban J connectivity index is 1.72. The van der Waals surface area contributed by atoms with E-state index in [1.807, 2.05) is 59.8 Å². The van der Waals surface area contributed by atoms with Gasteiger partial charge in [-0.2, -0.15) is 0 Å². The highest BCUT2D eigenvalue weighted by Crippen LogP contribution is 2.45. The number of hydrogen-bond acceptors (Lipinski definition) is 7. The van der Waals surface area contributed by atoms with E-state index in [4.69, 9.17) is 25.8 Å². The molecular formula is C24H23ClN2O4S. The summed E-state index contributed by atoms with van der Waals surface area (Å²) >= 11 is 8.16. The van der Waals surface area contributed by atoms with Gasteiger partial charge in [0, 0.05) is 6.20 Å². The number of esters is 1. The molecule has 6 nitrogen and oxygen atoms in total. The summed E-state index contributed by atoms with van der Waals surface area (Å²) in [6.45, 7) is 4.23. The molecule has 8 heteroatoms. The van der Waals surface area contributed by atoms with Crippen LogP contribution < -0.4 is 9.47 Å².